The summed E-state index contributed by atoms with van der Waals surface area (Å²) in [5, 5.41) is 10.6. The average Bonchev–Trinajstić information content (AvgIpc) is 2.86. The molecule has 0 saturated carbocycles. The van der Waals surface area contributed by atoms with Crippen LogP contribution in [0.1, 0.15) is 60.4 Å². The van der Waals surface area contributed by atoms with Gasteiger partial charge in [0.15, 0.2) is 0 Å². The van der Waals surface area contributed by atoms with E-state index in [1.165, 1.54) is 11.3 Å². The van der Waals surface area contributed by atoms with E-state index < -0.39 is 0 Å². The van der Waals surface area contributed by atoms with E-state index >= 15 is 0 Å². The van der Waals surface area contributed by atoms with Gasteiger partial charge in [0.2, 0.25) is 0 Å². The number of amides is 1. The molecule has 5 heteroatoms. The monoisotopic (exact) mass is 324 g/mol. The second kappa shape index (κ2) is 7.09. The van der Waals surface area contributed by atoms with E-state index in [0.29, 0.717) is 5.92 Å². The van der Waals surface area contributed by atoms with Gasteiger partial charge in [-0.2, -0.15) is 0 Å². The lowest BCUT2D eigenvalue weighted by molar-refractivity contribution is 0.0340. The quantitative estimate of drug-likeness (QED) is 0.904. The molecule has 1 fully saturated rings. The molecule has 1 amide bonds. The molecule has 0 spiro atoms. The highest BCUT2D eigenvalue weighted by molar-refractivity contribution is 7.13. The van der Waals surface area contributed by atoms with Crippen LogP contribution >= 0.6 is 11.3 Å². The van der Waals surface area contributed by atoms with Crippen molar-refractivity contribution in [1.82, 2.24) is 9.88 Å². The molecule has 0 radical (unpaired) electrons. The number of hydrogen-bond acceptors (Lipinski definition) is 4. The summed E-state index contributed by atoms with van der Waals surface area (Å²) >= 11 is 1.52. The number of carbonyl (C=O) groups excluding carboxylic acids is 1. The van der Waals surface area contributed by atoms with Gasteiger partial charge < -0.3 is 10.0 Å². The van der Waals surface area contributed by atoms with Gasteiger partial charge in [-0.3, -0.25) is 4.79 Å². The van der Waals surface area contributed by atoms with Gasteiger partial charge >= 0.3 is 0 Å². The number of aromatic nitrogens is 1. The zero-order valence-corrected chi connectivity index (χ0v) is 15.0. The molecule has 124 valence electrons. The highest BCUT2D eigenvalue weighted by atomic mass is 32.1. The van der Waals surface area contributed by atoms with E-state index in [-0.39, 0.29) is 17.9 Å². The van der Waals surface area contributed by atoms with Crippen LogP contribution in [0.5, 0.6) is 0 Å². The Labute approximate surface area is 137 Å². The Bertz CT molecular complexity index is 511. The van der Waals surface area contributed by atoms with Crippen molar-refractivity contribution in [1.29, 1.82) is 0 Å². The minimum absolute atomic E-state index is 0.0150. The number of piperidine rings is 1. The van der Waals surface area contributed by atoms with Gasteiger partial charge in [-0.05, 0) is 43.9 Å². The smallest absolute Gasteiger partial charge is 0.265 e. The first-order valence-corrected chi connectivity index (χ1v) is 9.09. The molecule has 0 bridgehead atoms. The van der Waals surface area contributed by atoms with Crippen LogP contribution in [0.15, 0.2) is 0 Å². The third-order valence-electron chi connectivity index (χ3n) is 4.80. The van der Waals surface area contributed by atoms with Gasteiger partial charge in [0, 0.05) is 19.7 Å². The van der Waals surface area contributed by atoms with Crippen molar-refractivity contribution in [3.05, 3.63) is 15.6 Å². The highest BCUT2D eigenvalue weighted by Gasteiger charge is 2.35. The lowest BCUT2D eigenvalue weighted by atomic mass is 9.77. The molecule has 1 aromatic rings. The van der Waals surface area contributed by atoms with Crippen LogP contribution < -0.4 is 0 Å². The van der Waals surface area contributed by atoms with Crippen molar-refractivity contribution in [2.75, 3.05) is 19.7 Å². The van der Waals surface area contributed by atoms with Crippen molar-refractivity contribution in [2.45, 2.75) is 53.4 Å². The first-order chi connectivity index (χ1) is 10.4. The molecule has 4 nitrogen and oxygen atoms in total. The molecule has 1 aromatic heterocycles. The number of rotatable bonds is 5. The van der Waals surface area contributed by atoms with Gasteiger partial charge in [0.1, 0.15) is 4.88 Å². The van der Waals surface area contributed by atoms with Gasteiger partial charge in [-0.15, -0.1) is 11.3 Å². The zero-order valence-electron chi connectivity index (χ0n) is 14.2. The molecule has 2 heterocycles. The fourth-order valence-electron chi connectivity index (χ4n) is 3.11. The Morgan fingerprint density at radius 2 is 2.05 bits per heavy atom. The maximum Gasteiger partial charge on any atom is 0.265 e. The minimum atomic E-state index is 0.0150. The molecular formula is C17H28N2O2S. The standard InChI is InChI=1S/C17H28N2O2S/c1-5-17(11-20)6-8-19(9-7-17)16(21)15-14(10-12(2)3)18-13(4)22-15/h12,20H,5-11H2,1-4H3. The number of likely N-dealkylation sites (tertiary alicyclic amines) is 1. The van der Waals surface area contributed by atoms with E-state index in [9.17, 15) is 9.90 Å². The first kappa shape index (κ1) is 17.4. The van der Waals surface area contributed by atoms with Crippen molar-refractivity contribution in [2.24, 2.45) is 11.3 Å². The average molecular weight is 324 g/mol. The normalized spacial score (nSPS) is 18.0. The Balaban J connectivity index is 2.10. The van der Waals surface area contributed by atoms with Gasteiger partial charge in [0.25, 0.3) is 5.91 Å². The van der Waals surface area contributed by atoms with Crippen molar-refractivity contribution in [3.63, 3.8) is 0 Å². The second-order valence-electron chi connectivity index (χ2n) is 6.91. The van der Waals surface area contributed by atoms with Crippen LogP contribution in [0, 0.1) is 18.3 Å². The van der Waals surface area contributed by atoms with Crippen molar-refractivity contribution in [3.8, 4) is 0 Å². The van der Waals surface area contributed by atoms with E-state index in [1.54, 1.807) is 0 Å². The number of aliphatic hydroxyl groups excluding tert-OH is 1. The molecule has 1 aliphatic heterocycles. The summed E-state index contributed by atoms with van der Waals surface area (Å²) in [4.78, 5) is 20.2. The molecule has 1 saturated heterocycles. The van der Waals surface area contributed by atoms with Crippen LogP contribution in [0.25, 0.3) is 0 Å². The molecular weight excluding hydrogens is 296 g/mol. The van der Waals surface area contributed by atoms with E-state index in [4.69, 9.17) is 0 Å². The van der Waals surface area contributed by atoms with Gasteiger partial charge in [-0.25, -0.2) is 4.98 Å². The van der Waals surface area contributed by atoms with Crippen LogP contribution in [-0.2, 0) is 6.42 Å². The minimum Gasteiger partial charge on any atom is -0.396 e. The number of nitrogens with zero attached hydrogens (tertiary/aromatic N) is 2. The lowest BCUT2D eigenvalue weighted by Crippen LogP contribution is -2.44. The maximum atomic E-state index is 12.8. The third kappa shape index (κ3) is 3.69. The summed E-state index contributed by atoms with van der Waals surface area (Å²) in [5.41, 5.74) is 0.971. The third-order valence-corrected chi connectivity index (χ3v) is 5.80. The van der Waals surface area contributed by atoms with Crippen molar-refractivity contribution < 1.29 is 9.90 Å². The topological polar surface area (TPSA) is 53.4 Å². The molecule has 0 atom stereocenters. The Morgan fingerprint density at radius 1 is 1.41 bits per heavy atom. The molecule has 0 aromatic carbocycles. The number of hydrogen-bond donors (Lipinski definition) is 1. The molecule has 1 aliphatic rings. The summed E-state index contributed by atoms with van der Waals surface area (Å²) < 4.78 is 0. The number of carbonyl (C=O) groups is 1. The Morgan fingerprint density at radius 3 is 2.55 bits per heavy atom. The molecule has 0 unspecified atom stereocenters. The number of thiazole rings is 1. The van der Waals surface area contributed by atoms with Crippen LogP contribution in [0.4, 0.5) is 0 Å². The van der Waals surface area contributed by atoms with Crippen LogP contribution in [0.2, 0.25) is 0 Å². The number of aryl methyl sites for hydroxylation is 1. The van der Waals surface area contributed by atoms with E-state index in [2.05, 4.69) is 25.8 Å². The molecule has 22 heavy (non-hydrogen) atoms. The number of aliphatic hydroxyl groups is 1. The summed E-state index contributed by atoms with van der Waals surface area (Å²) in [6, 6.07) is 0. The predicted octanol–water partition coefficient (Wildman–Crippen LogP) is 3.27. The van der Waals surface area contributed by atoms with E-state index in [1.807, 2.05) is 11.8 Å². The second-order valence-corrected chi connectivity index (χ2v) is 8.11. The Hall–Kier alpha value is -0.940. The highest BCUT2D eigenvalue weighted by Crippen LogP contribution is 2.35. The van der Waals surface area contributed by atoms with Crippen LogP contribution in [0.3, 0.4) is 0 Å². The summed E-state index contributed by atoms with van der Waals surface area (Å²) in [6.45, 7) is 10.1. The van der Waals surface area contributed by atoms with E-state index in [0.717, 1.165) is 54.4 Å². The summed E-state index contributed by atoms with van der Waals surface area (Å²) in [6.07, 6.45) is 3.62. The maximum absolute atomic E-state index is 12.8. The largest absolute Gasteiger partial charge is 0.396 e. The van der Waals surface area contributed by atoms with Gasteiger partial charge in [0.05, 0.1) is 10.7 Å². The molecule has 0 aliphatic carbocycles. The molecule has 2 rings (SSSR count). The fourth-order valence-corrected chi connectivity index (χ4v) is 4.03. The predicted molar refractivity (Wildman–Crippen MR) is 90.3 cm³/mol. The fraction of sp³-hybridized carbons (Fsp3) is 0.765. The zero-order chi connectivity index (χ0) is 16.3. The van der Waals surface area contributed by atoms with Gasteiger partial charge in [-0.1, -0.05) is 20.8 Å². The molecule has 1 N–H and O–H groups in total. The van der Waals surface area contributed by atoms with Crippen LogP contribution in [-0.4, -0.2) is 40.6 Å². The van der Waals surface area contributed by atoms with Crippen molar-refractivity contribution >= 4 is 17.2 Å². The Kier molecular flexibility index (Phi) is 5.61. The summed E-state index contributed by atoms with van der Waals surface area (Å²) in [5.74, 6) is 0.625. The summed E-state index contributed by atoms with van der Waals surface area (Å²) in [7, 11) is 0. The first-order valence-electron chi connectivity index (χ1n) is 8.27. The SMILES string of the molecule is CCC1(CO)CCN(C(=O)c2sc(C)nc2CC(C)C)CC1. The lowest BCUT2D eigenvalue weighted by Gasteiger charge is -2.40.